The van der Waals surface area contributed by atoms with Crippen molar-refractivity contribution in [1.29, 1.82) is 0 Å². The van der Waals surface area contributed by atoms with Crippen molar-refractivity contribution < 1.29 is 5.11 Å². The Balaban J connectivity index is 1.20. The molecule has 1 atom stereocenters. The van der Waals surface area contributed by atoms with Gasteiger partial charge < -0.3 is 10.0 Å². The van der Waals surface area contributed by atoms with Gasteiger partial charge in [-0.25, -0.2) is 0 Å². The van der Waals surface area contributed by atoms with Gasteiger partial charge in [0.25, 0.3) is 0 Å². The highest BCUT2D eigenvalue weighted by molar-refractivity contribution is 7.17. The van der Waals surface area contributed by atoms with Crippen LogP contribution in [0.3, 0.4) is 0 Å². The summed E-state index contributed by atoms with van der Waals surface area (Å²) in [6.45, 7) is 4.83. The molecule has 5 rings (SSSR count). The number of thiophene rings is 1. The summed E-state index contributed by atoms with van der Waals surface area (Å²) in [5.74, 6) is 0. The summed E-state index contributed by atoms with van der Waals surface area (Å²) in [7, 11) is 0. The zero-order valence-corrected chi connectivity index (χ0v) is 17.1. The van der Waals surface area contributed by atoms with Crippen LogP contribution in [0.1, 0.15) is 18.1 Å². The minimum atomic E-state index is -0.405. The number of para-hydroxylation sites is 1. The lowest BCUT2D eigenvalue weighted by Crippen LogP contribution is -2.46. The maximum atomic E-state index is 10.7. The number of rotatable bonds is 5. The molecule has 2 aromatic heterocycles. The first kappa shape index (κ1) is 18.5. The number of aromatic nitrogens is 2. The predicted molar refractivity (Wildman–Crippen MR) is 120 cm³/mol. The fourth-order valence-electron chi connectivity index (χ4n) is 4.16. The zero-order valence-electron chi connectivity index (χ0n) is 16.2. The van der Waals surface area contributed by atoms with Crippen LogP contribution in [0.15, 0.2) is 60.2 Å². The Labute approximate surface area is 174 Å². The van der Waals surface area contributed by atoms with E-state index in [0.29, 0.717) is 0 Å². The van der Waals surface area contributed by atoms with Crippen molar-refractivity contribution in [3.8, 4) is 0 Å². The minimum absolute atomic E-state index is 0.405. The fourth-order valence-corrected chi connectivity index (χ4v) is 5.17. The number of piperazine rings is 1. The number of anilines is 1. The van der Waals surface area contributed by atoms with E-state index in [1.807, 2.05) is 12.1 Å². The monoisotopic (exact) mass is 404 g/mol. The number of fused-ring (bicyclic) bond motifs is 2. The van der Waals surface area contributed by atoms with Crippen molar-refractivity contribution in [3.05, 3.63) is 65.8 Å². The van der Waals surface area contributed by atoms with Gasteiger partial charge in [-0.2, -0.15) is 0 Å². The van der Waals surface area contributed by atoms with E-state index in [0.717, 1.165) is 55.7 Å². The average Bonchev–Trinajstić information content (AvgIpc) is 3.22. The number of benzene rings is 2. The molecule has 1 aliphatic rings. The molecule has 148 valence electrons. The average molecular weight is 405 g/mol. The lowest BCUT2D eigenvalue weighted by molar-refractivity contribution is 0.141. The Bertz CT molecular complexity index is 1110. The van der Waals surface area contributed by atoms with Crippen LogP contribution in [0, 0.1) is 0 Å². The van der Waals surface area contributed by atoms with Crippen molar-refractivity contribution in [3.63, 3.8) is 0 Å². The molecule has 29 heavy (non-hydrogen) atoms. The summed E-state index contributed by atoms with van der Waals surface area (Å²) in [6.07, 6.45) is 3.86. The van der Waals surface area contributed by atoms with E-state index in [2.05, 4.69) is 55.5 Å². The molecule has 1 fully saturated rings. The normalized spacial score (nSPS) is 16.5. The number of aliphatic hydroxyl groups excluding tert-OH is 1. The van der Waals surface area contributed by atoms with Crippen LogP contribution in [-0.4, -0.2) is 52.7 Å². The Morgan fingerprint density at radius 3 is 2.69 bits per heavy atom. The standard InChI is InChI=1S/C23H24N4OS/c28-21(18-16-29-22-7-2-1-4-17(18)22)8-11-26-12-14-27(15-13-26)20-6-3-5-19-23(20)25-10-9-24-19/h1-7,9-10,16,21,28H,8,11-15H2. The highest BCUT2D eigenvalue weighted by atomic mass is 32.1. The molecule has 0 radical (unpaired) electrons. The van der Waals surface area contributed by atoms with E-state index < -0.39 is 6.10 Å². The second-order valence-electron chi connectivity index (χ2n) is 7.52. The summed E-state index contributed by atoms with van der Waals surface area (Å²) in [5.41, 5.74) is 4.15. The molecule has 0 amide bonds. The van der Waals surface area contributed by atoms with Gasteiger partial charge in [-0.1, -0.05) is 24.3 Å². The van der Waals surface area contributed by atoms with Crippen LogP contribution < -0.4 is 4.90 Å². The van der Waals surface area contributed by atoms with E-state index in [9.17, 15) is 5.11 Å². The Morgan fingerprint density at radius 1 is 0.966 bits per heavy atom. The molecule has 2 aromatic carbocycles. The molecule has 1 aliphatic heterocycles. The molecular formula is C23H24N4OS. The van der Waals surface area contributed by atoms with Gasteiger partial charge in [0.2, 0.25) is 0 Å². The molecule has 1 saturated heterocycles. The lowest BCUT2D eigenvalue weighted by atomic mass is 10.1. The summed E-state index contributed by atoms with van der Waals surface area (Å²) in [6, 6.07) is 14.5. The van der Waals surface area contributed by atoms with Crippen molar-refractivity contribution in [2.75, 3.05) is 37.6 Å². The Kier molecular flexibility index (Phi) is 5.14. The second-order valence-corrected chi connectivity index (χ2v) is 8.43. The summed E-state index contributed by atoms with van der Waals surface area (Å²) >= 11 is 1.71. The van der Waals surface area contributed by atoms with E-state index in [-0.39, 0.29) is 0 Å². The topological polar surface area (TPSA) is 52.5 Å². The van der Waals surface area contributed by atoms with E-state index in [1.54, 1.807) is 23.7 Å². The number of hydrogen-bond donors (Lipinski definition) is 1. The third-order valence-electron chi connectivity index (χ3n) is 5.78. The fraction of sp³-hybridized carbons (Fsp3) is 0.304. The number of aliphatic hydroxyl groups is 1. The van der Waals surface area contributed by atoms with Crippen LogP contribution in [0.2, 0.25) is 0 Å². The summed E-state index contributed by atoms with van der Waals surface area (Å²) in [4.78, 5) is 13.8. The molecule has 0 saturated carbocycles. The van der Waals surface area contributed by atoms with Gasteiger partial charge in [0.1, 0.15) is 5.52 Å². The number of hydrogen-bond acceptors (Lipinski definition) is 6. The van der Waals surface area contributed by atoms with E-state index >= 15 is 0 Å². The Hall–Kier alpha value is -2.54. The van der Waals surface area contributed by atoms with Crippen LogP contribution in [-0.2, 0) is 0 Å². The van der Waals surface area contributed by atoms with Crippen LogP contribution in [0.5, 0.6) is 0 Å². The zero-order chi connectivity index (χ0) is 19.6. The van der Waals surface area contributed by atoms with Crippen LogP contribution in [0.4, 0.5) is 5.69 Å². The van der Waals surface area contributed by atoms with E-state index in [1.165, 1.54) is 15.8 Å². The molecular weight excluding hydrogens is 380 g/mol. The quantitative estimate of drug-likeness (QED) is 0.543. The second kappa shape index (κ2) is 8.06. The van der Waals surface area contributed by atoms with Gasteiger partial charge in [-0.05, 0) is 40.9 Å². The van der Waals surface area contributed by atoms with E-state index in [4.69, 9.17) is 0 Å². The van der Waals surface area contributed by atoms with Crippen molar-refractivity contribution >= 4 is 38.1 Å². The van der Waals surface area contributed by atoms with Crippen molar-refractivity contribution in [2.45, 2.75) is 12.5 Å². The molecule has 1 unspecified atom stereocenters. The SMILES string of the molecule is OC(CCN1CCN(c2cccc3nccnc23)CC1)c1csc2ccccc12. The Morgan fingerprint density at radius 2 is 1.79 bits per heavy atom. The summed E-state index contributed by atoms with van der Waals surface area (Å²) in [5, 5.41) is 14.0. The smallest absolute Gasteiger partial charge is 0.112 e. The third-order valence-corrected chi connectivity index (χ3v) is 6.76. The van der Waals surface area contributed by atoms with Gasteiger partial charge in [0.15, 0.2) is 0 Å². The molecule has 4 aromatic rings. The van der Waals surface area contributed by atoms with Gasteiger partial charge in [-0.15, -0.1) is 11.3 Å². The minimum Gasteiger partial charge on any atom is -0.388 e. The molecule has 3 heterocycles. The first-order valence-corrected chi connectivity index (χ1v) is 11.0. The van der Waals surface area contributed by atoms with Crippen LogP contribution >= 0.6 is 11.3 Å². The van der Waals surface area contributed by atoms with Gasteiger partial charge >= 0.3 is 0 Å². The summed E-state index contributed by atoms with van der Waals surface area (Å²) < 4.78 is 1.24. The molecule has 0 spiro atoms. The highest BCUT2D eigenvalue weighted by Gasteiger charge is 2.21. The first-order valence-electron chi connectivity index (χ1n) is 10.1. The van der Waals surface area contributed by atoms with Gasteiger partial charge in [-0.3, -0.25) is 14.9 Å². The largest absolute Gasteiger partial charge is 0.388 e. The van der Waals surface area contributed by atoms with Crippen molar-refractivity contribution in [2.24, 2.45) is 0 Å². The van der Waals surface area contributed by atoms with Gasteiger partial charge in [0, 0.05) is 49.8 Å². The molecule has 0 bridgehead atoms. The molecule has 0 aliphatic carbocycles. The maximum absolute atomic E-state index is 10.7. The number of nitrogens with zero attached hydrogens (tertiary/aromatic N) is 4. The molecule has 1 N–H and O–H groups in total. The lowest BCUT2D eigenvalue weighted by Gasteiger charge is -2.36. The predicted octanol–water partition coefficient (Wildman–Crippen LogP) is 4.09. The van der Waals surface area contributed by atoms with Gasteiger partial charge in [0.05, 0.1) is 17.3 Å². The first-order chi connectivity index (χ1) is 14.3. The van der Waals surface area contributed by atoms with Crippen LogP contribution in [0.25, 0.3) is 21.1 Å². The third kappa shape index (κ3) is 3.71. The highest BCUT2D eigenvalue weighted by Crippen LogP contribution is 2.32. The molecule has 5 nitrogen and oxygen atoms in total. The molecule has 6 heteroatoms. The maximum Gasteiger partial charge on any atom is 0.112 e. The van der Waals surface area contributed by atoms with Crippen molar-refractivity contribution in [1.82, 2.24) is 14.9 Å².